The van der Waals surface area contributed by atoms with Crippen molar-refractivity contribution in [3.05, 3.63) is 123 Å². The van der Waals surface area contributed by atoms with Gasteiger partial charge in [0, 0.05) is 49.4 Å². The zero-order valence-corrected chi connectivity index (χ0v) is 24.6. The van der Waals surface area contributed by atoms with Gasteiger partial charge >= 0.3 is 0 Å². The number of nitrogens with zero attached hydrogens (tertiary/aromatic N) is 2. The maximum atomic E-state index is 13.9. The van der Waals surface area contributed by atoms with Gasteiger partial charge in [-0.3, -0.25) is 14.3 Å². The van der Waals surface area contributed by atoms with Crippen LogP contribution in [0.2, 0.25) is 0 Å². The number of pyridine rings is 1. The van der Waals surface area contributed by atoms with E-state index in [1.807, 2.05) is 41.0 Å². The van der Waals surface area contributed by atoms with E-state index in [1.165, 1.54) is 19.1 Å². The zero-order chi connectivity index (χ0) is 30.1. The second kappa shape index (κ2) is 11.7. The molecule has 2 bridgehead atoms. The predicted molar refractivity (Wildman–Crippen MR) is 165 cm³/mol. The molecule has 1 saturated heterocycles. The standard InChI is InChI=1S/C33H33FN4O4S/c1-22-16-27(11-12-28(22)34)43(41,42)36-29-18-25(33(40)35-15-14-23-6-3-2-4-7-23)10-13-31(29)37-19-24-17-26(21-37)30-8-5-9-32(39)38(30)20-24/h2-13,16,18,24,26,36H,14-15,17,19-21H2,1H3,(H,35,40). The fourth-order valence-corrected chi connectivity index (χ4v) is 7.33. The molecule has 2 aliphatic rings. The van der Waals surface area contributed by atoms with Crippen LogP contribution in [0.1, 0.15) is 39.5 Å². The molecule has 10 heteroatoms. The summed E-state index contributed by atoms with van der Waals surface area (Å²) in [6, 6.07) is 23.8. The molecule has 43 heavy (non-hydrogen) atoms. The largest absolute Gasteiger partial charge is 0.369 e. The molecule has 4 aromatic rings. The average Bonchev–Trinajstić information content (AvgIpc) is 2.99. The van der Waals surface area contributed by atoms with Gasteiger partial charge in [0.1, 0.15) is 5.82 Å². The Balaban J connectivity index is 1.30. The molecule has 0 saturated carbocycles. The number of halogens is 1. The second-order valence-electron chi connectivity index (χ2n) is 11.3. The van der Waals surface area contributed by atoms with Gasteiger partial charge in [0.05, 0.1) is 16.3 Å². The number of sulfonamides is 1. The number of carbonyl (C=O) groups excluding carboxylic acids is 1. The van der Waals surface area contributed by atoms with E-state index in [1.54, 1.807) is 30.3 Å². The van der Waals surface area contributed by atoms with Crippen molar-refractivity contribution in [2.45, 2.75) is 37.1 Å². The van der Waals surface area contributed by atoms with Crippen LogP contribution < -0.4 is 20.5 Å². The highest BCUT2D eigenvalue weighted by Crippen LogP contribution is 2.40. The minimum absolute atomic E-state index is 0.00804. The fraction of sp³-hybridized carbons (Fsp3) is 0.273. The molecule has 0 radical (unpaired) electrons. The van der Waals surface area contributed by atoms with Gasteiger partial charge in [0.15, 0.2) is 0 Å². The van der Waals surface area contributed by atoms with Crippen molar-refractivity contribution >= 4 is 27.3 Å². The van der Waals surface area contributed by atoms with Crippen molar-refractivity contribution in [1.82, 2.24) is 9.88 Å². The van der Waals surface area contributed by atoms with E-state index >= 15 is 0 Å². The summed E-state index contributed by atoms with van der Waals surface area (Å²) >= 11 is 0. The number of rotatable bonds is 8. The molecule has 2 aliphatic heterocycles. The van der Waals surface area contributed by atoms with Crippen LogP contribution in [-0.2, 0) is 23.0 Å². The van der Waals surface area contributed by atoms with E-state index < -0.39 is 15.8 Å². The molecule has 2 N–H and O–H groups in total. The molecule has 6 rings (SSSR count). The monoisotopic (exact) mass is 600 g/mol. The first-order valence-electron chi connectivity index (χ1n) is 14.4. The van der Waals surface area contributed by atoms with Crippen molar-refractivity contribution in [2.24, 2.45) is 5.92 Å². The average molecular weight is 601 g/mol. The van der Waals surface area contributed by atoms with Crippen LogP contribution in [0, 0.1) is 18.7 Å². The molecular weight excluding hydrogens is 567 g/mol. The number of anilines is 2. The van der Waals surface area contributed by atoms with Gasteiger partial charge in [-0.25, -0.2) is 12.8 Å². The van der Waals surface area contributed by atoms with Gasteiger partial charge in [0.2, 0.25) is 0 Å². The number of aromatic nitrogens is 1. The summed E-state index contributed by atoms with van der Waals surface area (Å²) in [5.74, 6) is -0.500. The topological polar surface area (TPSA) is 101 Å². The van der Waals surface area contributed by atoms with Crippen LogP contribution in [0.3, 0.4) is 0 Å². The second-order valence-corrected chi connectivity index (χ2v) is 13.0. The Bertz CT molecular complexity index is 1840. The van der Waals surface area contributed by atoms with Crippen molar-refractivity contribution in [1.29, 1.82) is 0 Å². The van der Waals surface area contributed by atoms with Gasteiger partial charge in [-0.15, -0.1) is 0 Å². The third-order valence-corrected chi connectivity index (χ3v) is 9.67. The highest BCUT2D eigenvalue weighted by atomic mass is 32.2. The highest BCUT2D eigenvalue weighted by Gasteiger charge is 2.35. The van der Waals surface area contributed by atoms with Crippen LogP contribution in [0.5, 0.6) is 0 Å². The Morgan fingerprint density at radius 1 is 0.953 bits per heavy atom. The lowest BCUT2D eigenvalue weighted by Gasteiger charge is -2.44. The van der Waals surface area contributed by atoms with Crippen molar-refractivity contribution in [2.75, 3.05) is 29.3 Å². The summed E-state index contributed by atoms with van der Waals surface area (Å²) in [6.45, 7) is 3.75. The Labute approximate surface area is 250 Å². The summed E-state index contributed by atoms with van der Waals surface area (Å²) < 4.78 is 45.5. The van der Waals surface area contributed by atoms with Crippen LogP contribution in [0.15, 0.2) is 94.6 Å². The van der Waals surface area contributed by atoms with Gasteiger partial charge in [0.25, 0.3) is 21.5 Å². The Hall–Kier alpha value is -4.44. The molecule has 3 heterocycles. The van der Waals surface area contributed by atoms with Gasteiger partial charge in [-0.05, 0) is 79.3 Å². The van der Waals surface area contributed by atoms with E-state index in [9.17, 15) is 22.4 Å². The number of hydrogen-bond acceptors (Lipinski definition) is 5. The third-order valence-electron chi connectivity index (χ3n) is 8.31. The quantitative estimate of drug-likeness (QED) is 0.306. The molecule has 2 atom stereocenters. The zero-order valence-electron chi connectivity index (χ0n) is 23.8. The van der Waals surface area contributed by atoms with E-state index in [0.717, 1.165) is 23.7 Å². The lowest BCUT2D eigenvalue weighted by Crippen LogP contribution is -2.47. The molecule has 0 spiro atoms. The Kier molecular flexibility index (Phi) is 7.79. The normalized spacial score (nSPS) is 17.7. The first-order valence-corrected chi connectivity index (χ1v) is 15.9. The Morgan fingerprint density at radius 2 is 1.77 bits per heavy atom. The van der Waals surface area contributed by atoms with E-state index in [4.69, 9.17) is 0 Å². The maximum Gasteiger partial charge on any atom is 0.261 e. The number of nitrogens with one attached hydrogen (secondary N) is 2. The number of benzene rings is 3. The molecule has 1 amide bonds. The number of carbonyl (C=O) groups is 1. The lowest BCUT2D eigenvalue weighted by molar-refractivity contribution is 0.0954. The number of aryl methyl sites for hydroxylation is 1. The van der Waals surface area contributed by atoms with E-state index in [0.29, 0.717) is 43.9 Å². The molecule has 8 nitrogen and oxygen atoms in total. The number of amides is 1. The maximum absolute atomic E-state index is 13.9. The summed E-state index contributed by atoms with van der Waals surface area (Å²) in [5, 5.41) is 2.93. The lowest BCUT2D eigenvalue weighted by atomic mass is 9.83. The van der Waals surface area contributed by atoms with Crippen molar-refractivity contribution in [3.8, 4) is 0 Å². The summed E-state index contributed by atoms with van der Waals surface area (Å²) in [6.07, 6.45) is 1.60. The summed E-state index contributed by atoms with van der Waals surface area (Å²) in [7, 11) is -4.10. The molecule has 3 aromatic carbocycles. The highest BCUT2D eigenvalue weighted by molar-refractivity contribution is 7.92. The minimum Gasteiger partial charge on any atom is -0.369 e. The number of fused-ring (bicyclic) bond motifs is 4. The number of hydrogen-bond donors (Lipinski definition) is 2. The molecule has 222 valence electrons. The molecule has 0 aliphatic carbocycles. The minimum atomic E-state index is -4.10. The first-order chi connectivity index (χ1) is 20.7. The SMILES string of the molecule is Cc1cc(S(=O)(=O)Nc2cc(C(=O)NCCc3ccccc3)ccc2N2CC3CC(C2)c2cccc(=O)n2C3)ccc1F. The van der Waals surface area contributed by atoms with Crippen LogP contribution in [0.25, 0.3) is 0 Å². The predicted octanol–water partition coefficient (Wildman–Crippen LogP) is 4.69. The molecule has 2 unspecified atom stereocenters. The van der Waals surface area contributed by atoms with Crippen molar-refractivity contribution < 1.29 is 17.6 Å². The number of piperidine rings is 1. The Morgan fingerprint density at radius 3 is 2.56 bits per heavy atom. The van der Waals surface area contributed by atoms with E-state index in [-0.39, 0.29) is 39.4 Å². The van der Waals surface area contributed by atoms with Crippen molar-refractivity contribution in [3.63, 3.8) is 0 Å². The van der Waals surface area contributed by atoms with E-state index in [2.05, 4.69) is 14.9 Å². The molecule has 1 aromatic heterocycles. The fourth-order valence-electron chi connectivity index (χ4n) is 6.18. The summed E-state index contributed by atoms with van der Waals surface area (Å²) in [4.78, 5) is 27.7. The van der Waals surface area contributed by atoms with Gasteiger partial charge in [-0.2, -0.15) is 0 Å². The van der Waals surface area contributed by atoms with Crippen LogP contribution >= 0.6 is 0 Å². The third kappa shape index (κ3) is 6.06. The van der Waals surface area contributed by atoms with Gasteiger partial charge in [-0.1, -0.05) is 36.4 Å². The van der Waals surface area contributed by atoms with Crippen LogP contribution in [0.4, 0.5) is 15.8 Å². The summed E-state index contributed by atoms with van der Waals surface area (Å²) in [5.41, 5.74) is 3.51. The first kappa shape index (κ1) is 28.7. The molecular formula is C33H33FN4O4S. The van der Waals surface area contributed by atoms with Gasteiger partial charge < -0.3 is 14.8 Å². The van der Waals surface area contributed by atoms with Crippen LogP contribution in [-0.4, -0.2) is 38.5 Å². The smallest absolute Gasteiger partial charge is 0.261 e. The molecule has 1 fully saturated rings.